The van der Waals surface area contributed by atoms with Gasteiger partial charge in [0.1, 0.15) is 5.75 Å². The smallest absolute Gasteiger partial charge is 0.250 e. The van der Waals surface area contributed by atoms with Gasteiger partial charge < -0.3 is 15.4 Å². The van der Waals surface area contributed by atoms with Gasteiger partial charge in [-0.25, -0.2) is 0 Å². The number of hydrogen-bond donors (Lipinski definition) is 3. The lowest BCUT2D eigenvalue weighted by Crippen LogP contribution is -2.32. The van der Waals surface area contributed by atoms with Crippen LogP contribution in [0.3, 0.4) is 0 Å². The molecule has 0 saturated heterocycles. The third-order valence-electron chi connectivity index (χ3n) is 3.84. The maximum Gasteiger partial charge on any atom is 0.250 e. The molecule has 3 N–H and O–H groups in total. The molecule has 29 heavy (non-hydrogen) atoms. The van der Waals surface area contributed by atoms with E-state index in [1.54, 1.807) is 37.5 Å². The van der Waals surface area contributed by atoms with Gasteiger partial charge in [-0.15, -0.1) is 0 Å². The lowest BCUT2D eigenvalue weighted by atomic mass is 9.95. The van der Waals surface area contributed by atoms with Crippen LogP contribution in [0, 0.1) is 5.41 Å². The van der Waals surface area contributed by atoms with Crippen molar-refractivity contribution in [2.75, 3.05) is 17.7 Å². The minimum absolute atomic E-state index is 0.0887. The van der Waals surface area contributed by atoms with Gasteiger partial charge in [-0.1, -0.05) is 39.0 Å². The van der Waals surface area contributed by atoms with Gasteiger partial charge in [-0.3, -0.25) is 14.9 Å². The fraction of sp³-hybridized carbons (Fsp3) is 0.227. The maximum absolute atomic E-state index is 12.1. The number of benzene rings is 2. The van der Waals surface area contributed by atoms with Gasteiger partial charge in [0.15, 0.2) is 5.11 Å². The zero-order valence-electron chi connectivity index (χ0n) is 16.9. The number of anilines is 2. The molecule has 0 spiro atoms. The third kappa shape index (κ3) is 7.38. The fourth-order valence-corrected chi connectivity index (χ4v) is 2.41. The van der Waals surface area contributed by atoms with Crippen molar-refractivity contribution in [1.82, 2.24) is 5.32 Å². The maximum atomic E-state index is 12.1. The Morgan fingerprint density at radius 3 is 2.21 bits per heavy atom. The summed E-state index contributed by atoms with van der Waals surface area (Å²) in [5.74, 6) is 0.308. The summed E-state index contributed by atoms with van der Waals surface area (Å²) >= 11 is 5.19. The molecule has 0 heterocycles. The van der Waals surface area contributed by atoms with Crippen LogP contribution >= 0.6 is 12.2 Å². The van der Waals surface area contributed by atoms with E-state index in [4.69, 9.17) is 17.0 Å². The molecular formula is C22H25N3O3S. The van der Waals surface area contributed by atoms with Gasteiger partial charge in [0, 0.05) is 22.9 Å². The number of rotatable bonds is 5. The zero-order chi connectivity index (χ0) is 21.4. The van der Waals surface area contributed by atoms with Crippen LogP contribution in [0.25, 0.3) is 6.08 Å². The number of methoxy groups -OCH3 is 1. The van der Waals surface area contributed by atoms with Gasteiger partial charge in [0.2, 0.25) is 11.8 Å². The molecule has 0 aliphatic carbocycles. The van der Waals surface area contributed by atoms with Crippen molar-refractivity contribution >= 4 is 46.6 Å². The van der Waals surface area contributed by atoms with Crippen LogP contribution in [-0.4, -0.2) is 24.0 Å². The first kappa shape index (κ1) is 22.1. The van der Waals surface area contributed by atoms with Crippen LogP contribution in [0.15, 0.2) is 54.6 Å². The quantitative estimate of drug-likeness (QED) is 0.507. The molecule has 0 fully saturated rings. The van der Waals surface area contributed by atoms with Gasteiger partial charge >= 0.3 is 0 Å². The highest BCUT2D eigenvalue weighted by Crippen LogP contribution is 2.20. The van der Waals surface area contributed by atoms with Crippen molar-refractivity contribution in [2.24, 2.45) is 5.41 Å². The second-order valence-corrected chi connectivity index (χ2v) is 7.74. The van der Waals surface area contributed by atoms with Crippen LogP contribution in [0.4, 0.5) is 11.4 Å². The van der Waals surface area contributed by atoms with Crippen LogP contribution in [0.2, 0.25) is 0 Å². The minimum Gasteiger partial charge on any atom is -0.497 e. The van der Waals surface area contributed by atoms with E-state index in [1.807, 2.05) is 45.0 Å². The van der Waals surface area contributed by atoms with E-state index in [1.165, 1.54) is 6.08 Å². The van der Waals surface area contributed by atoms with Crippen LogP contribution in [0.1, 0.15) is 26.3 Å². The number of ether oxygens (including phenoxy) is 1. The summed E-state index contributed by atoms with van der Waals surface area (Å²) < 4.78 is 5.10. The summed E-state index contributed by atoms with van der Waals surface area (Å²) in [5, 5.41) is 8.54. The summed E-state index contributed by atoms with van der Waals surface area (Å²) in [6.07, 6.45) is 3.08. The predicted octanol–water partition coefficient (Wildman–Crippen LogP) is 4.21. The van der Waals surface area contributed by atoms with Crippen LogP contribution in [0.5, 0.6) is 5.75 Å². The van der Waals surface area contributed by atoms with Crippen molar-refractivity contribution in [3.8, 4) is 5.75 Å². The van der Waals surface area contributed by atoms with Gasteiger partial charge in [0.05, 0.1) is 7.11 Å². The molecule has 2 rings (SSSR count). The van der Waals surface area contributed by atoms with Gasteiger partial charge in [-0.05, 0) is 54.2 Å². The first-order valence-electron chi connectivity index (χ1n) is 9.03. The highest BCUT2D eigenvalue weighted by atomic mass is 32.1. The lowest BCUT2D eigenvalue weighted by Gasteiger charge is -2.18. The summed E-state index contributed by atoms with van der Waals surface area (Å²) in [7, 11) is 1.60. The molecule has 0 aromatic heterocycles. The molecule has 2 aromatic carbocycles. The van der Waals surface area contributed by atoms with Gasteiger partial charge in [-0.2, -0.15) is 0 Å². The van der Waals surface area contributed by atoms with E-state index >= 15 is 0 Å². The number of hydrogen-bond acceptors (Lipinski definition) is 4. The Hall–Kier alpha value is -3.19. The molecule has 6 nitrogen and oxygen atoms in total. The number of amides is 2. The minimum atomic E-state index is -0.497. The largest absolute Gasteiger partial charge is 0.497 e. The Morgan fingerprint density at radius 1 is 1.00 bits per heavy atom. The second kappa shape index (κ2) is 9.84. The lowest BCUT2D eigenvalue weighted by molar-refractivity contribution is -0.123. The fourth-order valence-electron chi connectivity index (χ4n) is 2.20. The van der Waals surface area contributed by atoms with Crippen LogP contribution in [-0.2, 0) is 9.59 Å². The molecule has 7 heteroatoms. The van der Waals surface area contributed by atoms with Crippen molar-refractivity contribution in [3.63, 3.8) is 0 Å². The van der Waals surface area contributed by atoms with Gasteiger partial charge in [0.25, 0.3) is 0 Å². The predicted molar refractivity (Wildman–Crippen MR) is 121 cm³/mol. The van der Waals surface area contributed by atoms with E-state index in [0.717, 1.165) is 11.3 Å². The molecule has 2 aromatic rings. The summed E-state index contributed by atoms with van der Waals surface area (Å²) in [5.41, 5.74) is 1.66. The molecule has 0 radical (unpaired) electrons. The van der Waals surface area contributed by atoms with Crippen molar-refractivity contribution in [3.05, 3.63) is 60.2 Å². The average molecular weight is 412 g/mol. The second-order valence-electron chi connectivity index (χ2n) is 7.33. The standard InChI is InChI=1S/C22H25N3O3S/c1-22(2,3)20(27)23-16-6-5-7-17(14-16)24-21(29)25-19(26)13-10-15-8-11-18(28-4)12-9-15/h5-14H,1-4H3,(H,23,27)(H2,24,25,26,29)/b13-10+. The number of carbonyl (C=O) groups is 2. The molecule has 0 bridgehead atoms. The molecule has 0 aliphatic heterocycles. The molecule has 0 aliphatic rings. The highest BCUT2D eigenvalue weighted by Gasteiger charge is 2.21. The Bertz CT molecular complexity index is 916. The molecule has 0 atom stereocenters. The number of nitrogens with one attached hydrogen (secondary N) is 3. The van der Waals surface area contributed by atoms with E-state index in [9.17, 15) is 9.59 Å². The molecule has 0 saturated carbocycles. The van der Waals surface area contributed by atoms with E-state index in [-0.39, 0.29) is 16.9 Å². The number of carbonyl (C=O) groups excluding carboxylic acids is 2. The Morgan fingerprint density at radius 2 is 1.62 bits per heavy atom. The zero-order valence-corrected chi connectivity index (χ0v) is 17.7. The van der Waals surface area contributed by atoms with Crippen LogP contribution < -0.4 is 20.7 Å². The SMILES string of the molecule is COc1ccc(/C=C/C(=O)NC(=S)Nc2cccc(NC(=O)C(C)(C)C)c2)cc1. The average Bonchev–Trinajstić information content (AvgIpc) is 2.66. The Labute approximate surface area is 176 Å². The summed E-state index contributed by atoms with van der Waals surface area (Å²) in [6.45, 7) is 5.53. The topological polar surface area (TPSA) is 79.5 Å². The monoisotopic (exact) mass is 411 g/mol. The Balaban J connectivity index is 1.91. The van der Waals surface area contributed by atoms with Crippen molar-refractivity contribution < 1.29 is 14.3 Å². The Kier molecular flexibility index (Phi) is 7.50. The van der Waals surface area contributed by atoms with E-state index < -0.39 is 5.41 Å². The first-order chi connectivity index (χ1) is 13.7. The van der Waals surface area contributed by atoms with E-state index in [2.05, 4.69) is 16.0 Å². The third-order valence-corrected chi connectivity index (χ3v) is 4.04. The normalized spacial score (nSPS) is 11.0. The van der Waals surface area contributed by atoms with Crippen molar-refractivity contribution in [2.45, 2.75) is 20.8 Å². The van der Waals surface area contributed by atoms with Crippen molar-refractivity contribution in [1.29, 1.82) is 0 Å². The molecule has 152 valence electrons. The summed E-state index contributed by atoms with van der Waals surface area (Å²) in [6, 6.07) is 14.4. The van der Waals surface area contributed by atoms with E-state index in [0.29, 0.717) is 11.4 Å². The number of thiocarbonyl (C=S) groups is 1. The highest BCUT2D eigenvalue weighted by molar-refractivity contribution is 7.80. The molecule has 0 unspecified atom stereocenters. The first-order valence-corrected chi connectivity index (χ1v) is 9.44. The molecular weight excluding hydrogens is 386 g/mol. The summed E-state index contributed by atoms with van der Waals surface area (Å²) in [4.78, 5) is 24.2. The molecule has 2 amide bonds.